The number of aliphatic hydroxyl groups is 1. The summed E-state index contributed by atoms with van der Waals surface area (Å²) in [7, 11) is 0. The molecule has 1 fully saturated rings. The van der Waals surface area contributed by atoms with Gasteiger partial charge in [-0.05, 0) is 38.5 Å². The van der Waals surface area contributed by atoms with Gasteiger partial charge in [-0.15, -0.1) is 0 Å². The molecule has 0 spiro atoms. The van der Waals surface area contributed by atoms with Crippen LogP contribution in [0.3, 0.4) is 0 Å². The van der Waals surface area contributed by atoms with E-state index in [4.69, 9.17) is 9.84 Å². The van der Waals surface area contributed by atoms with Crippen LogP contribution in [0.1, 0.15) is 47.0 Å². The van der Waals surface area contributed by atoms with Gasteiger partial charge in [0.15, 0.2) is 0 Å². The van der Waals surface area contributed by atoms with Crippen molar-refractivity contribution in [1.29, 1.82) is 0 Å². The molecule has 1 aliphatic heterocycles. The molecule has 2 N–H and O–H groups in total. The second kappa shape index (κ2) is 7.85. The first kappa shape index (κ1) is 16.4. The highest BCUT2D eigenvalue weighted by Gasteiger charge is 2.41. The van der Waals surface area contributed by atoms with Gasteiger partial charge in [-0.25, -0.2) is 0 Å². The smallest absolute Gasteiger partial charge is 0.226 e. The quantitative estimate of drug-likeness (QED) is 0.744. The summed E-state index contributed by atoms with van der Waals surface area (Å²) in [5.74, 6) is 0.691. The van der Waals surface area contributed by atoms with E-state index < -0.39 is 0 Å². The molecule has 112 valence electrons. The first-order chi connectivity index (χ1) is 9.01. The van der Waals surface area contributed by atoms with Crippen LogP contribution in [0.25, 0.3) is 0 Å². The lowest BCUT2D eigenvalue weighted by Crippen LogP contribution is -2.39. The van der Waals surface area contributed by atoms with Gasteiger partial charge >= 0.3 is 0 Å². The summed E-state index contributed by atoms with van der Waals surface area (Å²) in [6.45, 7) is 9.06. The summed E-state index contributed by atoms with van der Waals surface area (Å²) in [5.41, 5.74) is 0. The number of amides is 1. The maximum Gasteiger partial charge on any atom is 0.226 e. The molecule has 19 heavy (non-hydrogen) atoms. The number of aliphatic hydroxyl groups excluding tert-OH is 1. The Hall–Kier alpha value is -0.610. The zero-order valence-electron chi connectivity index (χ0n) is 12.7. The molecule has 0 aliphatic carbocycles. The van der Waals surface area contributed by atoms with E-state index in [0.717, 1.165) is 19.3 Å². The van der Waals surface area contributed by atoms with Crippen LogP contribution in [-0.2, 0) is 9.53 Å². The van der Waals surface area contributed by atoms with Crippen LogP contribution in [-0.4, -0.2) is 36.4 Å². The Morgan fingerprint density at radius 1 is 1.26 bits per heavy atom. The third kappa shape index (κ3) is 4.46. The maximum atomic E-state index is 12.3. The zero-order valence-corrected chi connectivity index (χ0v) is 12.7. The highest BCUT2D eigenvalue weighted by atomic mass is 16.5. The molecule has 1 aliphatic rings. The summed E-state index contributed by atoms with van der Waals surface area (Å²) in [5, 5.41) is 12.1. The first-order valence-electron chi connectivity index (χ1n) is 7.55. The topological polar surface area (TPSA) is 58.6 Å². The second-order valence-corrected chi connectivity index (χ2v) is 5.84. The van der Waals surface area contributed by atoms with Crippen molar-refractivity contribution in [2.45, 2.75) is 59.2 Å². The SMILES string of the molecule is CCCC(CCO)CNC(=O)C1C(C)OC(C)C1C. The predicted octanol–water partition coefficient (Wildman–Crippen LogP) is 1.96. The molecule has 4 nitrogen and oxygen atoms in total. The van der Waals surface area contributed by atoms with Crippen molar-refractivity contribution in [3.63, 3.8) is 0 Å². The lowest BCUT2D eigenvalue weighted by Gasteiger charge is -2.21. The van der Waals surface area contributed by atoms with E-state index in [1.807, 2.05) is 13.8 Å². The number of ether oxygens (including phenoxy) is 1. The number of carbonyl (C=O) groups is 1. The summed E-state index contributed by atoms with van der Waals surface area (Å²) in [6, 6.07) is 0. The zero-order chi connectivity index (χ0) is 14.4. The number of carbonyl (C=O) groups excluding carboxylic acids is 1. The van der Waals surface area contributed by atoms with Gasteiger partial charge in [0.1, 0.15) is 0 Å². The summed E-state index contributed by atoms with van der Waals surface area (Å²) in [4.78, 5) is 12.3. The van der Waals surface area contributed by atoms with E-state index in [-0.39, 0.29) is 36.6 Å². The second-order valence-electron chi connectivity index (χ2n) is 5.84. The van der Waals surface area contributed by atoms with E-state index in [0.29, 0.717) is 12.5 Å². The van der Waals surface area contributed by atoms with Crippen molar-refractivity contribution in [3.05, 3.63) is 0 Å². The van der Waals surface area contributed by atoms with Gasteiger partial charge in [0.05, 0.1) is 18.1 Å². The van der Waals surface area contributed by atoms with Crippen molar-refractivity contribution >= 4 is 5.91 Å². The molecule has 1 saturated heterocycles. The first-order valence-corrected chi connectivity index (χ1v) is 7.55. The number of hydrogen-bond donors (Lipinski definition) is 2. The van der Waals surface area contributed by atoms with Crippen molar-refractivity contribution in [2.24, 2.45) is 17.8 Å². The molecule has 5 atom stereocenters. The van der Waals surface area contributed by atoms with E-state index in [9.17, 15) is 4.79 Å². The van der Waals surface area contributed by atoms with Crippen molar-refractivity contribution in [3.8, 4) is 0 Å². The molecule has 1 rings (SSSR count). The van der Waals surface area contributed by atoms with Crippen molar-refractivity contribution < 1.29 is 14.6 Å². The van der Waals surface area contributed by atoms with Crippen LogP contribution in [0, 0.1) is 17.8 Å². The third-order valence-corrected chi connectivity index (χ3v) is 4.34. The molecule has 1 amide bonds. The highest BCUT2D eigenvalue weighted by Crippen LogP contribution is 2.32. The lowest BCUT2D eigenvalue weighted by atomic mass is 9.88. The average molecular weight is 271 g/mol. The Morgan fingerprint density at radius 3 is 2.42 bits per heavy atom. The number of rotatable bonds is 7. The normalized spacial score (nSPS) is 32.3. The van der Waals surface area contributed by atoms with Crippen LogP contribution in [0.2, 0.25) is 0 Å². The van der Waals surface area contributed by atoms with Gasteiger partial charge in [-0.1, -0.05) is 20.3 Å². The van der Waals surface area contributed by atoms with Gasteiger partial charge in [0.25, 0.3) is 0 Å². The third-order valence-electron chi connectivity index (χ3n) is 4.34. The molecule has 1 heterocycles. The highest BCUT2D eigenvalue weighted by molar-refractivity contribution is 5.79. The molecule has 0 radical (unpaired) electrons. The Kier molecular flexibility index (Phi) is 6.80. The molecule has 5 unspecified atom stereocenters. The van der Waals surface area contributed by atoms with Gasteiger partial charge in [-0.2, -0.15) is 0 Å². The predicted molar refractivity (Wildman–Crippen MR) is 75.8 cm³/mol. The Labute approximate surface area is 116 Å². The minimum Gasteiger partial charge on any atom is -0.396 e. The maximum absolute atomic E-state index is 12.3. The summed E-state index contributed by atoms with van der Waals surface area (Å²) >= 11 is 0. The molecule has 0 aromatic carbocycles. The molecule has 0 aromatic heterocycles. The van der Waals surface area contributed by atoms with E-state index in [1.165, 1.54) is 0 Å². The lowest BCUT2D eigenvalue weighted by molar-refractivity contribution is -0.127. The summed E-state index contributed by atoms with van der Waals surface area (Å²) in [6.07, 6.45) is 3.03. The van der Waals surface area contributed by atoms with Crippen LogP contribution in [0.4, 0.5) is 0 Å². The fourth-order valence-corrected chi connectivity index (χ4v) is 3.02. The minimum atomic E-state index is -0.0496. The van der Waals surface area contributed by atoms with Crippen LogP contribution >= 0.6 is 0 Å². The molecule has 4 heteroatoms. The van der Waals surface area contributed by atoms with Crippen LogP contribution in [0.5, 0.6) is 0 Å². The molecule has 0 aromatic rings. The largest absolute Gasteiger partial charge is 0.396 e. The van der Waals surface area contributed by atoms with Gasteiger partial charge in [0.2, 0.25) is 5.91 Å². The van der Waals surface area contributed by atoms with Crippen molar-refractivity contribution in [2.75, 3.05) is 13.2 Å². The molecule has 0 saturated carbocycles. The number of hydrogen-bond acceptors (Lipinski definition) is 3. The minimum absolute atomic E-state index is 0.00698. The standard InChI is InChI=1S/C15H29NO3/c1-5-6-13(7-8-17)9-16-15(18)14-10(2)11(3)19-12(14)4/h10-14,17H,5-9H2,1-4H3,(H,16,18). The fraction of sp³-hybridized carbons (Fsp3) is 0.933. The number of nitrogens with one attached hydrogen (secondary N) is 1. The average Bonchev–Trinajstić information content (AvgIpc) is 2.61. The van der Waals surface area contributed by atoms with Crippen LogP contribution < -0.4 is 5.32 Å². The van der Waals surface area contributed by atoms with E-state index in [2.05, 4.69) is 19.2 Å². The Balaban J connectivity index is 2.45. The van der Waals surface area contributed by atoms with E-state index >= 15 is 0 Å². The molecule has 0 bridgehead atoms. The van der Waals surface area contributed by atoms with E-state index in [1.54, 1.807) is 0 Å². The van der Waals surface area contributed by atoms with Gasteiger partial charge < -0.3 is 15.2 Å². The molecular formula is C15H29NO3. The van der Waals surface area contributed by atoms with Crippen LogP contribution in [0.15, 0.2) is 0 Å². The van der Waals surface area contributed by atoms with Gasteiger partial charge in [0, 0.05) is 13.2 Å². The Morgan fingerprint density at radius 2 is 1.95 bits per heavy atom. The van der Waals surface area contributed by atoms with Gasteiger partial charge in [-0.3, -0.25) is 4.79 Å². The monoisotopic (exact) mass is 271 g/mol. The summed E-state index contributed by atoms with van der Waals surface area (Å²) < 4.78 is 5.71. The Bertz CT molecular complexity index is 277. The fourth-order valence-electron chi connectivity index (χ4n) is 3.02. The van der Waals surface area contributed by atoms with Crippen molar-refractivity contribution in [1.82, 2.24) is 5.32 Å². The molecular weight excluding hydrogens is 242 g/mol.